The molecule has 0 bridgehead atoms. The number of nitrogens with one attached hydrogen (secondary N) is 2. The van der Waals surface area contributed by atoms with Crippen LogP contribution in [0.2, 0.25) is 0 Å². The summed E-state index contributed by atoms with van der Waals surface area (Å²) in [5, 5.41) is 13.8. The second-order valence-electron chi connectivity index (χ2n) is 6.75. The second-order valence-corrected chi connectivity index (χ2v) is 7.70. The van der Waals surface area contributed by atoms with Crippen molar-refractivity contribution in [3.63, 3.8) is 0 Å². The number of hydrogen-bond acceptors (Lipinski definition) is 7. The Kier molecular flexibility index (Phi) is 8.56. The maximum Gasteiger partial charge on any atom is 0.321 e. The predicted octanol–water partition coefficient (Wildman–Crippen LogP) is 1.52. The summed E-state index contributed by atoms with van der Waals surface area (Å²) in [6.45, 7) is 8.22. The Balaban J connectivity index is 1.69. The van der Waals surface area contributed by atoms with E-state index in [0.29, 0.717) is 30.7 Å². The third kappa shape index (κ3) is 6.88. The highest BCUT2D eigenvalue weighted by Crippen LogP contribution is 2.24. The van der Waals surface area contributed by atoms with E-state index in [1.54, 1.807) is 12.1 Å². The Morgan fingerprint density at radius 3 is 2.65 bits per heavy atom. The molecule has 0 radical (unpaired) electrons. The number of carbonyl (C=O) groups excluding carboxylic acids is 2. The number of thioether (sulfide) groups is 1. The van der Waals surface area contributed by atoms with Crippen LogP contribution in [-0.2, 0) is 16.1 Å². The molecule has 2 aromatic rings. The quantitative estimate of drug-likeness (QED) is 0.443. The zero-order valence-corrected chi connectivity index (χ0v) is 17.9. The lowest BCUT2D eigenvalue weighted by Crippen LogP contribution is -2.40. The molecule has 3 rings (SSSR count). The number of morpholine rings is 1. The van der Waals surface area contributed by atoms with Crippen LogP contribution in [0.5, 0.6) is 0 Å². The van der Waals surface area contributed by atoms with Crippen LogP contribution in [-0.4, -0.2) is 76.7 Å². The molecule has 11 heteroatoms. The molecule has 0 atom stereocenters. The summed E-state index contributed by atoms with van der Waals surface area (Å²) in [7, 11) is 0. The third-order valence-corrected chi connectivity index (χ3v) is 5.52. The number of rotatable bonds is 9. The van der Waals surface area contributed by atoms with Gasteiger partial charge in [-0.15, -0.1) is 16.8 Å². The van der Waals surface area contributed by atoms with Crippen LogP contribution in [0.3, 0.4) is 0 Å². The minimum Gasteiger partial charge on any atom is -0.379 e. The van der Waals surface area contributed by atoms with Crippen LogP contribution >= 0.6 is 11.8 Å². The minimum atomic E-state index is -0.578. The smallest absolute Gasteiger partial charge is 0.321 e. The van der Waals surface area contributed by atoms with Crippen LogP contribution in [0.25, 0.3) is 11.4 Å². The van der Waals surface area contributed by atoms with E-state index < -0.39 is 11.9 Å². The number of carbonyl (C=O) groups is 2. The van der Waals surface area contributed by atoms with Gasteiger partial charge in [-0.2, -0.15) is 0 Å². The summed E-state index contributed by atoms with van der Waals surface area (Å²) < 4.78 is 20.6. The maximum atomic E-state index is 13.3. The molecule has 31 heavy (non-hydrogen) atoms. The largest absolute Gasteiger partial charge is 0.379 e. The summed E-state index contributed by atoms with van der Waals surface area (Å²) in [4.78, 5) is 26.0. The zero-order valence-electron chi connectivity index (χ0n) is 17.1. The molecule has 0 aliphatic carbocycles. The number of aromatic nitrogens is 3. The van der Waals surface area contributed by atoms with Gasteiger partial charge >= 0.3 is 6.03 Å². The molecule has 1 aliphatic heterocycles. The van der Waals surface area contributed by atoms with Crippen LogP contribution in [0.1, 0.15) is 0 Å². The molecule has 1 aromatic heterocycles. The van der Waals surface area contributed by atoms with E-state index in [9.17, 15) is 14.0 Å². The van der Waals surface area contributed by atoms with Gasteiger partial charge in [0, 0.05) is 38.3 Å². The summed E-state index contributed by atoms with van der Waals surface area (Å²) in [6, 6.07) is 5.47. The van der Waals surface area contributed by atoms with Gasteiger partial charge in [-0.1, -0.05) is 17.8 Å². The topological polar surface area (TPSA) is 101 Å². The lowest BCUT2D eigenvalue weighted by molar-refractivity contribution is -0.117. The van der Waals surface area contributed by atoms with Crippen molar-refractivity contribution in [1.82, 2.24) is 30.3 Å². The van der Waals surface area contributed by atoms with E-state index in [2.05, 4.69) is 32.3 Å². The molecule has 2 N–H and O–H groups in total. The van der Waals surface area contributed by atoms with E-state index in [1.807, 2.05) is 4.57 Å². The first-order chi connectivity index (χ1) is 15.1. The highest BCUT2D eigenvalue weighted by molar-refractivity contribution is 7.99. The van der Waals surface area contributed by atoms with Gasteiger partial charge in [0.1, 0.15) is 5.82 Å². The summed E-state index contributed by atoms with van der Waals surface area (Å²) in [5.74, 6) is -0.178. The van der Waals surface area contributed by atoms with Gasteiger partial charge in [-0.25, -0.2) is 9.18 Å². The SMILES string of the molecule is C=CCNC(=O)NC(=O)CSc1nnc(-c2ccc(F)cc2)n1CCN1CCOCC1. The van der Waals surface area contributed by atoms with Gasteiger partial charge in [0.15, 0.2) is 11.0 Å². The number of nitrogens with zero attached hydrogens (tertiary/aromatic N) is 4. The Hall–Kier alpha value is -2.76. The molecule has 1 fully saturated rings. The highest BCUT2D eigenvalue weighted by Gasteiger charge is 2.18. The number of amides is 3. The van der Waals surface area contributed by atoms with Crippen molar-refractivity contribution in [1.29, 1.82) is 0 Å². The number of urea groups is 1. The summed E-state index contributed by atoms with van der Waals surface area (Å²) in [6.07, 6.45) is 1.52. The first-order valence-electron chi connectivity index (χ1n) is 9.87. The Morgan fingerprint density at radius 1 is 1.19 bits per heavy atom. The molecule has 9 nitrogen and oxygen atoms in total. The summed E-state index contributed by atoms with van der Waals surface area (Å²) in [5.41, 5.74) is 0.732. The lowest BCUT2D eigenvalue weighted by Gasteiger charge is -2.27. The molecular weight excluding hydrogens is 423 g/mol. The molecule has 0 saturated carbocycles. The first kappa shape index (κ1) is 22.9. The van der Waals surface area contributed by atoms with Gasteiger partial charge in [-0.05, 0) is 24.3 Å². The number of imide groups is 1. The van der Waals surface area contributed by atoms with Crippen LogP contribution in [0, 0.1) is 5.82 Å². The van der Waals surface area contributed by atoms with Crippen molar-refractivity contribution in [3.05, 3.63) is 42.7 Å². The Morgan fingerprint density at radius 2 is 1.94 bits per heavy atom. The molecule has 1 saturated heterocycles. The van der Waals surface area contributed by atoms with Gasteiger partial charge in [-0.3, -0.25) is 15.0 Å². The van der Waals surface area contributed by atoms with Gasteiger partial charge in [0.25, 0.3) is 0 Å². The summed E-state index contributed by atoms with van der Waals surface area (Å²) >= 11 is 1.19. The monoisotopic (exact) mass is 448 g/mol. The van der Waals surface area contributed by atoms with Crippen LogP contribution < -0.4 is 10.6 Å². The van der Waals surface area contributed by atoms with E-state index >= 15 is 0 Å². The molecule has 0 unspecified atom stereocenters. The Labute approximate surface area is 184 Å². The van der Waals surface area contributed by atoms with E-state index in [4.69, 9.17) is 4.74 Å². The van der Waals surface area contributed by atoms with E-state index in [-0.39, 0.29) is 18.1 Å². The number of benzene rings is 1. The third-order valence-electron chi connectivity index (χ3n) is 4.56. The lowest BCUT2D eigenvalue weighted by atomic mass is 10.2. The van der Waals surface area contributed by atoms with Crippen molar-refractivity contribution in [2.24, 2.45) is 0 Å². The van der Waals surface area contributed by atoms with Crippen LogP contribution in [0.4, 0.5) is 9.18 Å². The van der Waals surface area contributed by atoms with Crippen molar-refractivity contribution >= 4 is 23.7 Å². The fraction of sp³-hybridized carbons (Fsp3) is 0.400. The fourth-order valence-electron chi connectivity index (χ4n) is 2.98. The Bertz CT molecular complexity index is 899. The van der Waals surface area contributed by atoms with E-state index in [1.165, 1.54) is 30.0 Å². The normalized spacial score (nSPS) is 14.2. The van der Waals surface area contributed by atoms with E-state index in [0.717, 1.165) is 25.2 Å². The van der Waals surface area contributed by atoms with Gasteiger partial charge < -0.3 is 14.6 Å². The van der Waals surface area contributed by atoms with Crippen molar-refractivity contribution in [2.45, 2.75) is 11.7 Å². The molecule has 1 aromatic carbocycles. The minimum absolute atomic E-state index is 0.000610. The molecular formula is C20H25FN6O3S. The van der Waals surface area contributed by atoms with Crippen molar-refractivity contribution < 1.29 is 18.7 Å². The van der Waals surface area contributed by atoms with Crippen molar-refractivity contribution in [2.75, 3.05) is 45.1 Å². The molecule has 2 heterocycles. The zero-order chi connectivity index (χ0) is 22.1. The molecule has 3 amide bonds. The number of halogens is 1. The molecule has 0 spiro atoms. The predicted molar refractivity (Wildman–Crippen MR) is 115 cm³/mol. The molecule has 1 aliphatic rings. The van der Waals surface area contributed by atoms with Crippen LogP contribution in [0.15, 0.2) is 42.1 Å². The van der Waals surface area contributed by atoms with Gasteiger partial charge in [0.2, 0.25) is 5.91 Å². The average molecular weight is 449 g/mol. The van der Waals surface area contributed by atoms with Crippen molar-refractivity contribution in [3.8, 4) is 11.4 Å². The average Bonchev–Trinajstić information content (AvgIpc) is 3.18. The number of ether oxygens (including phenoxy) is 1. The maximum absolute atomic E-state index is 13.3. The number of hydrogen-bond donors (Lipinski definition) is 2. The van der Waals surface area contributed by atoms with Gasteiger partial charge in [0.05, 0.1) is 19.0 Å². The molecule has 166 valence electrons. The highest BCUT2D eigenvalue weighted by atomic mass is 32.2. The standard InChI is InChI=1S/C20H25FN6O3S/c1-2-7-22-19(29)23-17(28)14-31-20-25-24-18(15-3-5-16(21)6-4-15)27(20)9-8-26-10-12-30-13-11-26/h2-6H,1,7-14H2,(H2,22,23,28,29). The first-order valence-corrected chi connectivity index (χ1v) is 10.9. The fourth-order valence-corrected chi connectivity index (χ4v) is 3.74. The second kappa shape index (κ2) is 11.6.